The first-order valence-electron chi connectivity index (χ1n) is 5.95. The van der Waals surface area contributed by atoms with E-state index in [0.29, 0.717) is 11.4 Å². The number of hydrogen-bond acceptors (Lipinski definition) is 3. The Kier molecular flexibility index (Phi) is 4.31. The molecule has 5 heteroatoms. The zero-order valence-corrected chi connectivity index (χ0v) is 10.4. The van der Waals surface area contributed by atoms with Crippen LogP contribution < -0.4 is 0 Å². The van der Waals surface area contributed by atoms with Gasteiger partial charge in [-0.2, -0.15) is 0 Å². The molecule has 2 heterocycles. The van der Waals surface area contributed by atoms with Gasteiger partial charge >= 0.3 is 0 Å². The van der Waals surface area contributed by atoms with E-state index >= 15 is 0 Å². The standard InChI is InChI=1S/C12H16ClN3O/c13-6-11-4-2-1-3-5-16(11)12(17)10-7-14-9-15-8-10/h7-9,11H,1-6H2. The summed E-state index contributed by atoms with van der Waals surface area (Å²) < 4.78 is 0. The molecule has 1 aliphatic heterocycles. The van der Waals surface area contributed by atoms with Gasteiger partial charge in [-0.1, -0.05) is 12.8 Å². The van der Waals surface area contributed by atoms with Crippen LogP contribution in [0.25, 0.3) is 0 Å². The molecule has 1 fully saturated rings. The summed E-state index contributed by atoms with van der Waals surface area (Å²) in [5.41, 5.74) is 0.546. The fraction of sp³-hybridized carbons (Fsp3) is 0.583. The van der Waals surface area contributed by atoms with Crippen LogP contribution in [0.4, 0.5) is 0 Å². The van der Waals surface area contributed by atoms with E-state index in [2.05, 4.69) is 9.97 Å². The van der Waals surface area contributed by atoms with Gasteiger partial charge in [-0.05, 0) is 12.8 Å². The highest BCUT2D eigenvalue weighted by molar-refractivity contribution is 6.18. The lowest BCUT2D eigenvalue weighted by molar-refractivity contribution is 0.0699. The molecule has 0 bridgehead atoms. The Morgan fingerprint density at radius 2 is 2.12 bits per heavy atom. The van der Waals surface area contributed by atoms with Crippen molar-refractivity contribution in [2.24, 2.45) is 0 Å². The maximum Gasteiger partial charge on any atom is 0.257 e. The van der Waals surface area contributed by atoms with Crippen LogP contribution in [0.2, 0.25) is 0 Å². The van der Waals surface area contributed by atoms with Gasteiger partial charge < -0.3 is 4.90 Å². The molecule has 1 amide bonds. The molecule has 0 spiro atoms. The Balaban J connectivity index is 2.16. The van der Waals surface area contributed by atoms with E-state index in [9.17, 15) is 4.79 Å². The summed E-state index contributed by atoms with van der Waals surface area (Å²) in [5.74, 6) is 0.498. The summed E-state index contributed by atoms with van der Waals surface area (Å²) in [5, 5.41) is 0. The molecule has 1 aliphatic rings. The normalized spacial score (nSPS) is 21.0. The maximum absolute atomic E-state index is 12.3. The number of aromatic nitrogens is 2. The van der Waals surface area contributed by atoms with Crippen molar-refractivity contribution in [2.75, 3.05) is 12.4 Å². The van der Waals surface area contributed by atoms with Crippen molar-refractivity contribution in [2.45, 2.75) is 31.7 Å². The molecular weight excluding hydrogens is 238 g/mol. The molecule has 0 N–H and O–H groups in total. The van der Waals surface area contributed by atoms with Crippen molar-refractivity contribution in [1.82, 2.24) is 14.9 Å². The Bertz CT molecular complexity index is 371. The van der Waals surface area contributed by atoms with Crippen LogP contribution in [0.3, 0.4) is 0 Å². The van der Waals surface area contributed by atoms with Gasteiger partial charge in [0.1, 0.15) is 6.33 Å². The SMILES string of the molecule is O=C(c1cncnc1)N1CCCCCC1CCl. The molecule has 0 aliphatic carbocycles. The van der Waals surface area contributed by atoms with Crippen LogP contribution in [-0.4, -0.2) is 39.2 Å². The maximum atomic E-state index is 12.3. The topological polar surface area (TPSA) is 46.1 Å². The highest BCUT2D eigenvalue weighted by atomic mass is 35.5. The molecule has 1 unspecified atom stereocenters. The van der Waals surface area contributed by atoms with Crippen LogP contribution in [0, 0.1) is 0 Å². The second-order valence-electron chi connectivity index (χ2n) is 4.28. The Hall–Kier alpha value is -1.16. The van der Waals surface area contributed by atoms with Gasteiger partial charge in [-0.25, -0.2) is 9.97 Å². The van der Waals surface area contributed by atoms with Gasteiger partial charge in [-0.3, -0.25) is 4.79 Å². The van der Waals surface area contributed by atoms with Gasteiger partial charge in [0.15, 0.2) is 0 Å². The molecule has 17 heavy (non-hydrogen) atoms. The molecule has 1 saturated heterocycles. The number of carbonyl (C=O) groups is 1. The second-order valence-corrected chi connectivity index (χ2v) is 4.59. The first kappa shape index (κ1) is 12.3. The molecule has 1 aromatic rings. The van der Waals surface area contributed by atoms with Crippen LogP contribution >= 0.6 is 11.6 Å². The molecule has 92 valence electrons. The monoisotopic (exact) mass is 253 g/mol. The number of carbonyl (C=O) groups excluding carboxylic acids is 1. The Labute approximate surface area is 106 Å². The molecule has 4 nitrogen and oxygen atoms in total. The van der Waals surface area contributed by atoms with Gasteiger partial charge in [0.25, 0.3) is 5.91 Å². The van der Waals surface area contributed by atoms with E-state index in [1.54, 1.807) is 12.4 Å². The predicted molar refractivity (Wildman–Crippen MR) is 66.0 cm³/mol. The molecule has 1 atom stereocenters. The average molecular weight is 254 g/mol. The number of hydrogen-bond donors (Lipinski definition) is 0. The number of rotatable bonds is 2. The third-order valence-electron chi connectivity index (χ3n) is 3.12. The largest absolute Gasteiger partial charge is 0.334 e. The smallest absolute Gasteiger partial charge is 0.257 e. The highest BCUT2D eigenvalue weighted by Crippen LogP contribution is 2.19. The summed E-state index contributed by atoms with van der Waals surface area (Å²) in [6.07, 6.45) is 8.90. The van der Waals surface area contributed by atoms with Crippen molar-refractivity contribution in [3.05, 3.63) is 24.3 Å². The summed E-state index contributed by atoms with van der Waals surface area (Å²) in [6, 6.07) is 0.145. The molecule has 0 saturated carbocycles. The molecule has 0 aromatic carbocycles. The minimum absolute atomic E-state index is 0.00171. The van der Waals surface area contributed by atoms with Crippen molar-refractivity contribution >= 4 is 17.5 Å². The Morgan fingerprint density at radius 1 is 1.35 bits per heavy atom. The molecule has 0 radical (unpaired) electrons. The van der Waals surface area contributed by atoms with Gasteiger partial charge in [0, 0.05) is 30.9 Å². The third-order valence-corrected chi connectivity index (χ3v) is 3.48. The van der Waals surface area contributed by atoms with Gasteiger partial charge in [-0.15, -0.1) is 11.6 Å². The van der Waals surface area contributed by atoms with E-state index < -0.39 is 0 Å². The lowest BCUT2D eigenvalue weighted by Gasteiger charge is -2.28. The zero-order chi connectivity index (χ0) is 12.1. The fourth-order valence-corrected chi connectivity index (χ4v) is 2.50. The minimum Gasteiger partial charge on any atom is -0.334 e. The number of likely N-dealkylation sites (tertiary alicyclic amines) is 1. The van der Waals surface area contributed by atoms with Crippen LogP contribution in [0.15, 0.2) is 18.7 Å². The van der Waals surface area contributed by atoms with Crippen molar-refractivity contribution in [1.29, 1.82) is 0 Å². The van der Waals surface area contributed by atoms with E-state index in [4.69, 9.17) is 11.6 Å². The molecule has 2 rings (SSSR count). The van der Waals surface area contributed by atoms with Crippen LogP contribution in [0.5, 0.6) is 0 Å². The van der Waals surface area contributed by atoms with Gasteiger partial charge in [0.05, 0.1) is 5.56 Å². The number of alkyl halides is 1. The van der Waals surface area contributed by atoms with Crippen LogP contribution in [0.1, 0.15) is 36.0 Å². The predicted octanol–water partition coefficient (Wildman–Crippen LogP) is 2.10. The van der Waals surface area contributed by atoms with E-state index in [1.165, 1.54) is 12.7 Å². The summed E-state index contributed by atoms with van der Waals surface area (Å²) in [6.45, 7) is 0.783. The first-order valence-corrected chi connectivity index (χ1v) is 6.48. The van der Waals surface area contributed by atoms with Gasteiger partial charge in [0.2, 0.25) is 0 Å². The van der Waals surface area contributed by atoms with E-state index in [-0.39, 0.29) is 11.9 Å². The number of amides is 1. The van der Waals surface area contributed by atoms with Crippen molar-refractivity contribution < 1.29 is 4.79 Å². The van der Waals surface area contributed by atoms with Crippen molar-refractivity contribution in [3.63, 3.8) is 0 Å². The summed E-state index contributed by atoms with van der Waals surface area (Å²) >= 11 is 5.95. The molecule has 1 aromatic heterocycles. The first-order chi connectivity index (χ1) is 8.33. The lowest BCUT2D eigenvalue weighted by Crippen LogP contribution is -2.41. The van der Waals surface area contributed by atoms with E-state index in [1.807, 2.05) is 4.90 Å². The van der Waals surface area contributed by atoms with Crippen molar-refractivity contribution in [3.8, 4) is 0 Å². The average Bonchev–Trinajstić information content (AvgIpc) is 2.64. The highest BCUT2D eigenvalue weighted by Gasteiger charge is 2.25. The van der Waals surface area contributed by atoms with Crippen LogP contribution in [-0.2, 0) is 0 Å². The number of nitrogens with zero attached hydrogens (tertiary/aromatic N) is 3. The summed E-state index contributed by atoms with van der Waals surface area (Å²) in [4.78, 5) is 21.9. The minimum atomic E-state index is -0.00171. The Morgan fingerprint density at radius 3 is 2.82 bits per heavy atom. The quantitative estimate of drug-likeness (QED) is 0.759. The lowest BCUT2D eigenvalue weighted by atomic mass is 10.1. The fourth-order valence-electron chi connectivity index (χ4n) is 2.18. The second kappa shape index (κ2) is 5.96. The number of halogens is 1. The zero-order valence-electron chi connectivity index (χ0n) is 9.68. The van der Waals surface area contributed by atoms with E-state index in [0.717, 1.165) is 25.8 Å². The summed E-state index contributed by atoms with van der Waals surface area (Å²) in [7, 11) is 0. The third kappa shape index (κ3) is 2.94. The molecular formula is C12H16ClN3O.